The van der Waals surface area contributed by atoms with Crippen molar-refractivity contribution in [3.8, 4) is 51.0 Å². The van der Waals surface area contributed by atoms with Crippen molar-refractivity contribution in [3.63, 3.8) is 0 Å². The Morgan fingerprint density at radius 2 is 1.07 bits per heavy atom. The average Bonchev–Trinajstić information content (AvgIpc) is 3.96. The number of fused-ring (bicyclic) bond motifs is 10. The molecule has 8 aromatic carbocycles. The molecule has 57 heavy (non-hydrogen) atoms. The van der Waals surface area contributed by atoms with Crippen LogP contribution in [-0.2, 0) is 0 Å². The van der Waals surface area contributed by atoms with Gasteiger partial charge in [0.1, 0.15) is 11.2 Å². The molecule has 0 amide bonds. The summed E-state index contributed by atoms with van der Waals surface area (Å²) in [6.45, 7) is 0. The van der Waals surface area contributed by atoms with E-state index in [1.165, 1.54) is 42.0 Å². The maximum Gasteiger partial charge on any atom is 0.167 e. The van der Waals surface area contributed by atoms with Gasteiger partial charge in [0, 0.05) is 58.5 Å². The van der Waals surface area contributed by atoms with E-state index in [0.717, 1.165) is 55.4 Å². The lowest BCUT2D eigenvalue weighted by Crippen LogP contribution is -2.00. The number of nitrogens with zero attached hydrogens (tertiary/aromatic N) is 4. The Bertz CT molecular complexity index is 3460. The van der Waals surface area contributed by atoms with Crippen LogP contribution >= 0.6 is 11.3 Å². The molecule has 0 saturated heterocycles. The van der Waals surface area contributed by atoms with Gasteiger partial charge in [0.05, 0.1) is 16.6 Å². The van der Waals surface area contributed by atoms with E-state index in [-0.39, 0.29) is 0 Å². The number of rotatable bonds is 5. The molecule has 0 unspecified atom stereocenters. The van der Waals surface area contributed by atoms with Gasteiger partial charge in [0.25, 0.3) is 0 Å². The molecule has 0 aliphatic heterocycles. The Kier molecular flexibility index (Phi) is 7.03. The van der Waals surface area contributed by atoms with Gasteiger partial charge in [0.15, 0.2) is 17.5 Å². The summed E-state index contributed by atoms with van der Waals surface area (Å²) in [5.41, 5.74) is 10.0. The van der Waals surface area contributed by atoms with Crippen LogP contribution in [0.25, 0.3) is 115 Å². The average molecular weight is 747 g/mol. The Morgan fingerprint density at radius 1 is 0.421 bits per heavy atom. The van der Waals surface area contributed by atoms with Gasteiger partial charge >= 0.3 is 0 Å². The van der Waals surface area contributed by atoms with Gasteiger partial charge in [-0.05, 0) is 59.7 Å². The van der Waals surface area contributed by atoms with Crippen molar-refractivity contribution in [2.45, 2.75) is 0 Å². The van der Waals surface area contributed by atoms with E-state index in [1.807, 2.05) is 78.1 Å². The van der Waals surface area contributed by atoms with Crippen LogP contribution in [0.2, 0.25) is 0 Å². The molecule has 0 saturated carbocycles. The van der Waals surface area contributed by atoms with Crippen molar-refractivity contribution < 1.29 is 4.42 Å². The smallest absolute Gasteiger partial charge is 0.167 e. The minimum atomic E-state index is 0.566. The standard InChI is InChI=1S/C51H30N4OS/c1-4-14-31(15-5-1)49-52-50(32-16-6-2-7-17-32)54-51(53-49)39-23-12-22-38-45-35(21-13-24-42(45)56-48(38)39)33-26-28-41-40(30-33)36-27-29-44-46(37-20-10-11-25-43(37)57-44)47(36)55(41)34-18-8-3-9-19-34/h1-30H. The number of hydrogen-bond acceptors (Lipinski definition) is 5. The van der Waals surface area contributed by atoms with Crippen LogP contribution in [0.15, 0.2) is 186 Å². The number of hydrogen-bond donors (Lipinski definition) is 0. The molecule has 0 atom stereocenters. The molecule has 0 N–H and O–H groups in total. The van der Waals surface area contributed by atoms with E-state index < -0.39 is 0 Å². The molecule has 4 aromatic heterocycles. The fraction of sp³-hybridized carbons (Fsp3) is 0. The lowest BCUT2D eigenvalue weighted by Gasteiger charge is -2.09. The second kappa shape index (κ2) is 12.6. The zero-order valence-electron chi connectivity index (χ0n) is 30.4. The fourth-order valence-electron chi connectivity index (χ4n) is 8.52. The number of benzene rings is 8. The Balaban J connectivity index is 1.08. The van der Waals surface area contributed by atoms with Crippen LogP contribution in [0.3, 0.4) is 0 Å². The van der Waals surface area contributed by atoms with Crippen LogP contribution in [0.1, 0.15) is 0 Å². The fourth-order valence-corrected chi connectivity index (χ4v) is 9.63. The predicted molar refractivity (Wildman–Crippen MR) is 236 cm³/mol. The molecule has 4 heterocycles. The van der Waals surface area contributed by atoms with Crippen molar-refractivity contribution in [2.24, 2.45) is 0 Å². The number of thiophene rings is 1. The first kappa shape index (κ1) is 31.9. The van der Waals surface area contributed by atoms with Gasteiger partial charge < -0.3 is 8.98 Å². The third-order valence-electron chi connectivity index (χ3n) is 11.1. The largest absolute Gasteiger partial charge is 0.455 e. The molecular formula is C51H30N4OS. The van der Waals surface area contributed by atoms with E-state index >= 15 is 0 Å². The molecule has 12 rings (SSSR count). The molecule has 0 aliphatic rings. The minimum absolute atomic E-state index is 0.566. The summed E-state index contributed by atoms with van der Waals surface area (Å²) in [7, 11) is 0. The summed E-state index contributed by atoms with van der Waals surface area (Å²) in [4.78, 5) is 15.0. The maximum atomic E-state index is 6.79. The van der Waals surface area contributed by atoms with Crippen molar-refractivity contribution in [1.29, 1.82) is 0 Å². The molecule has 266 valence electrons. The first-order valence-electron chi connectivity index (χ1n) is 19.0. The Morgan fingerprint density at radius 3 is 1.84 bits per heavy atom. The maximum absolute atomic E-state index is 6.79. The van der Waals surface area contributed by atoms with Gasteiger partial charge in [-0.1, -0.05) is 133 Å². The molecule has 0 aliphatic carbocycles. The topological polar surface area (TPSA) is 56.7 Å². The highest BCUT2D eigenvalue weighted by Crippen LogP contribution is 2.45. The highest BCUT2D eigenvalue weighted by molar-refractivity contribution is 7.26. The van der Waals surface area contributed by atoms with Crippen LogP contribution in [0.4, 0.5) is 0 Å². The third-order valence-corrected chi connectivity index (χ3v) is 12.2. The first-order chi connectivity index (χ1) is 28.3. The summed E-state index contributed by atoms with van der Waals surface area (Å²) >= 11 is 1.86. The molecule has 0 fully saturated rings. The van der Waals surface area contributed by atoms with Crippen molar-refractivity contribution in [2.75, 3.05) is 0 Å². The SMILES string of the molecule is c1ccc(-c2nc(-c3ccccc3)nc(-c3cccc4c3oc3cccc(-c5ccc6c(c5)c5ccc7sc8ccccc8c7c5n6-c5ccccc5)c34)n2)cc1. The van der Waals surface area contributed by atoms with Crippen LogP contribution in [0, 0.1) is 0 Å². The number of aromatic nitrogens is 4. The lowest BCUT2D eigenvalue weighted by atomic mass is 9.97. The third kappa shape index (κ3) is 4.98. The number of para-hydroxylation sites is 2. The van der Waals surface area contributed by atoms with E-state index in [0.29, 0.717) is 17.5 Å². The molecule has 5 nitrogen and oxygen atoms in total. The quantitative estimate of drug-likeness (QED) is 0.176. The Hall–Kier alpha value is -7.41. The monoisotopic (exact) mass is 746 g/mol. The molecule has 6 heteroatoms. The lowest BCUT2D eigenvalue weighted by molar-refractivity contribution is 0.669. The van der Waals surface area contributed by atoms with Gasteiger partial charge in [-0.15, -0.1) is 11.3 Å². The Labute approximate surface area is 330 Å². The van der Waals surface area contributed by atoms with Crippen LogP contribution < -0.4 is 0 Å². The van der Waals surface area contributed by atoms with Crippen molar-refractivity contribution in [1.82, 2.24) is 19.5 Å². The first-order valence-corrected chi connectivity index (χ1v) is 19.8. The predicted octanol–water partition coefficient (Wildman–Crippen LogP) is 13.9. The molecule has 12 aromatic rings. The van der Waals surface area contributed by atoms with Gasteiger partial charge in [0.2, 0.25) is 0 Å². The van der Waals surface area contributed by atoms with Gasteiger partial charge in [-0.3, -0.25) is 0 Å². The molecule has 0 spiro atoms. The summed E-state index contributed by atoms with van der Waals surface area (Å²) in [5.74, 6) is 1.80. The van der Waals surface area contributed by atoms with Gasteiger partial charge in [-0.25, -0.2) is 15.0 Å². The second-order valence-corrected chi connectivity index (χ2v) is 15.4. The van der Waals surface area contributed by atoms with E-state index in [9.17, 15) is 0 Å². The number of furan rings is 1. The van der Waals surface area contributed by atoms with E-state index in [1.54, 1.807) is 0 Å². The highest BCUT2D eigenvalue weighted by atomic mass is 32.1. The molecule has 0 bridgehead atoms. The molecule has 0 radical (unpaired) electrons. The summed E-state index contributed by atoms with van der Waals surface area (Å²) in [6.07, 6.45) is 0. The summed E-state index contributed by atoms with van der Waals surface area (Å²) in [5, 5.41) is 7.11. The van der Waals surface area contributed by atoms with Crippen LogP contribution in [-0.4, -0.2) is 19.5 Å². The highest BCUT2D eigenvalue weighted by Gasteiger charge is 2.22. The summed E-state index contributed by atoms with van der Waals surface area (Å²) < 4.78 is 11.8. The van der Waals surface area contributed by atoms with E-state index in [2.05, 4.69) is 120 Å². The van der Waals surface area contributed by atoms with Gasteiger partial charge in [-0.2, -0.15) is 0 Å². The zero-order chi connectivity index (χ0) is 37.5. The summed E-state index contributed by atoms with van der Waals surface area (Å²) in [6, 6.07) is 63.7. The van der Waals surface area contributed by atoms with Crippen molar-refractivity contribution in [3.05, 3.63) is 182 Å². The normalized spacial score (nSPS) is 11.9. The minimum Gasteiger partial charge on any atom is -0.455 e. The van der Waals surface area contributed by atoms with E-state index in [4.69, 9.17) is 19.4 Å². The van der Waals surface area contributed by atoms with Crippen molar-refractivity contribution >= 4 is 75.3 Å². The van der Waals surface area contributed by atoms with Crippen LogP contribution in [0.5, 0.6) is 0 Å². The molecular weight excluding hydrogens is 717 g/mol. The zero-order valence-corrected chi connectivity index (χ0v) is 31.2. The second-order valence-electron chi connectivity index (χ2n) is 14.3.